The van der Waals surface area contributed by atoms with Gasteiger partial charge in [0.1, 0.15) is 0 Å². The summed E-state index contributed by atoms with van der Waals surface area (Å²) in [6.45, 7) is 4.71. The van der Waals surface area contributed by atoms with Crippen LogP contribution in [-0.2, 0) is 0 Å². The van der Waals surface area contributed by atoms with Crippen LogP contribution in [0.5, 0.6) is 0 Å². The monoisotopic (exact) mass is 359 g/mol. The van der Waals surface area contributed by atoms with Crippen molar-refractivity contribution in [2.24, 2.45) is 11.8 Å². The molecular weight excluding hydrogens is 342 g/mol. The Hall–Kier alpha value is -0.0200. The number of benzene rings is 1. The lowest BCUT2D eigenvalue weighted by atomic mass is 9.80. The molecule has 94 valence electrons. The van der Waals surface area contributed by atoms with Gasteiger partial charge >= 0.3 is 0 Å². The Kier molecular flexibility index (Phi) is 4.53. The summed E-state index contributed by atoms with van der Waals surface area (Å²) >= 11 is 7.23. The molecule has 3 heteroatoms. The Morgan fingerprint density at radius 3 is 2.41 bits per heavy atom. The van der Waals surface area contributed by atoms with Gasteiger partial charge in [0.2, 0.25) is 0 Å². The molecule has 1 aromatic carbocycles. The Labute approximate surface area is 121 Å². The maximum atomic E-state index is 3.70. The molecule has 3 unspecified atom stereocenters. The van der Waals surface area contributed by atoms with E-state index in [4.69, 9.17) is 0 Å². The fraction of sp³-hybridized carbons (Fsp3) is 0.571. The summed E-state index contributed by atoms with van der Waals surface area (Å²) in [5.74, 6) is 1.59. The summed E-state index contributed by atoms with van der Waals surface area (Å²) in [6.07, 6.45) is 3.98. The summed E-state index contributed by atoms with van der Waals surface area (Å²) < 4.78 is 2.27. The Bertz CT molecular complexity index is 372. The van der Waals surface area contributed by atoms with Crippen molar-refractivity contribution in [1.82, 2.24) is 0 Å². The highest BCUT2D eigenvalue weighted by molar-refractivity contribution is 9.11. The number of hydrogen-bond acceptors (Lipinski definition) is 1. The number of anilines is 1. The second kappa shape index (κ2) is 5.75. The van der Waals surface area contributed by atoms with Crippen molar-refractivity contribution in [1.29, 1.82) is 0 Å². The van der Waals surface area contributed by atoms with Crippen LogP contribution in [0.15, 0.2) is 27.1 Å². The molecule has 1 nitrogen and oxygen atoms in total. The fourth-order valence-electron chi connectivity index (χ4n) is 2.55. The zero-order valence-electron chi connectivity index (χ0n) is 10.3. The van der Waals surface area contributed by atoms with Gasteiger partial charge in [0.15, 0.2) is 0 Å². The van der Waals surface area contributed by atoms with E-state index in [1.54, 1.807) is 0 Å². The molecule has 2 rings (SSSR count). The molecule has 0 radical (unpaired) electrons. The van der Waals surface area contributed by atoms with Gasteiger partial charge in [-0.2, -0.15) is 0 Å². The molecule has 3 atom stereocenters. The van der Waals surface area contributed by atoms with Crippen molar-refractivity contribution in [3.05, 3.63) is 27.1 Å². The quantitative estimate of drug-likeness (QED) is 0.739. The first-order chi connectivity index (χ1) is 8.08. The van der Waals surface area contributed by atoms with E-state index in [9.17, 15) is 0 Å². The average Bonchev–Trinajstić information content (AvgIpc) is 2.28. The highest BCUT2D eigenvalue weighted by atomic mass is 79.9. The van der Waals surface area contributed by atoms with Crippen LogP contribution in [0.3, 0.4) is 0 Å². The van der Waals surface area contributed by atoms with Crippen molar-refractivity contribution in [2.75, 3.05) is 5.32 Å². The van der Waals surface area contributed by atoms with Crippen molar-refractivity contribution in [2.45, 2.75) is 39.2 Å². The Balaban J connectivity index is 2.14. The molecule has 0 saturated heterocycles. The molecule has 0 bridgehead atoms. The molecule has 0 amide bonds. The van der Waals surface area contributed by atoms with Crippen LogP contribution >= 0.6 is 31.9 Å². The van der Waals surface area contributed by atoms with Gasteiger partial charge in [-0.1, -0.05) is 26.3 Å². The second-order valence-electron chi connectivity index (χ2n) is 5.24. The Morgan fingerprint density at radius 1 is 1.12 bits per heavy atom. The van der Waals surface area contributed by atoms with Crippen LogP contribution in [-0.4, -0.2) is 6.04 Å². The molecular formula is C14H19Br2N. The molecule has 17 heavy (non-hydrogen) atoms. The predicted molar refractivity (Wildman–Crippen MR) is 81.4 cm³/mol. The molecule has 0 heterocycles. The molecule has 1 N–H and O–H groups in total. The van der Waals surface area contributed by atoms with E-state index in [2.05, 4.69) is 63.2 Å². The van der Waals surface area contributed by atoms with Gasteiger partial charge in [0.05, 0.1) is 5.69 Å². The SMILES string of the molecule is CC1CCC(C)C(Nc2c(Br)cccc2Br)C1. The van der Waals surface area contributed by atoms with Gasteiger partial charge in [0, 0.05) is 15.0 Å². The standard InChI is InChI=1S/C14H19Br2N/c1-9-6-7-10(2)13(8-9)17-14-11(15)4-3-5-12(14)16/h3-5,9-10,13,17H,6-8H2,1-2H3. The first-order valence-electron chi connectivity index (χ1n) is 6.28. The van der Waals surface area contributed by atoms with Crippen molar-refractivity contribution >= 4 is 37.5 Å². The smallest absolute Gasteiger partial charge is 0.0631 e. The zero-order chi connectivity index (χ0) is 12.4. The molecule has 1 aromatic rings. The van der Waals surface area contributed by atoms with Gasteiger partial charge in [-0.3, -0.25) is 0 Å². The molecule has 0 aliphatic heterocycles. The number of nitrogens with one attached hydrogen (secondary N) is 1. The van der Waals surface area contributed by atoms with Crippen molar-refractivity contribution in [3.8, 4) is 0 Å². The summed E-state index contributed by atoms with van der Waals surface area (Å²) in [4.78, 5) is 0. The number of rotatable bonds is 2. The molecule has 1 aliphatic carbocycles. The van der Waals surface area contributed by atoms with E-state index in [1.807, 2.05) is 6.07 Å². The summed E-state index contributed by atoms with van der Waals surface area (Å²) in [6, 6.07) is 6.81. The molecule has 1 fully saturated rings. The first kappa shape index (κ1) is 13.4. The summed E-state index contributed by atoms with van der Waals surface area (Å²) in [5, 5.41) is 3.70. The van der Waals surface area contributed by atoms with E-state index in [0.29, 0.717) is 6.04 Å². The fourth-order valence-corrected chi connectivity index (χ4v) is 3.78. The minimum Gasteiger partial charge on any atom is -0.380 e. The van der Waals surface area contributed by atoms with Gasteiger partial charge < -0.3 is 5.32 Å². The third-order valence-electron chi connectivity index (χ3n) is 3.75. The number of para-hydroxylation sites is 1. The van der Waals surface area contributed by atoms with Crippen LogP contribution in [0.4, 0.5) is 5.69 Å². The van der Waals surface area contributed by atoms with Gasteiger partial charge in [-0.05, 0) is 68.7 Å². The molecule has 0 aromatic heterocycles. The summed E-state index contributed by atoms with van der Waals surface area (Å²) in [7, 11) is 0. The molecule has 1 saturated carbocycles. The van der Waals surface area contributed by atoms with Gasteiger partial charge in [-0.25, -0.2) is 0 Å². The zero-order valence-corrected chi connectivity index (χ0v) is 13.5. The third-order valence-corrected chi connectivity index (χ3v) is 5.07. The van der Waals surface area contributed by atoms with Crippen LogP contribution in [0.2, 0.25) is 0 Å². The lowest BCUT2D eigenvalue weighted by Gasteiger charge is -2.34. The van der Waals surface area contributed by atoms with E-state index in [-0.39, 0.29) is 0 Å². The van der Waals surface area contributed by atoms with Gasteiger partial charge in [0.25, 0.3) is 0 Å². The Morgan fingerprint density at radius 2 is 1.76 bits per heavy atom. The highest BCUT2D eigenvalue weighted by Gasteiger charge is 2.26. The minimum atomic E-state index is 0.591. The van der Waals surface area contributed by atoms with Crippen LogP contribution in [0.25, 0.3) is 0 Å². The van der Waals surface area contributed by atoms with E-state index in [1.165, 1.54) is 24.9 Å². The maximum absolute atomic E-state index is 3.70. The lowest BCUT2D eigenvalue weighted by molar-refractivity contribution is 0.280. The normalized spacial score (nSPS) is 29.1. The molecule has 1 aliphatic rings. The summed E-state index contributed by atoms with van der Waals surface area (Å²) in [5.41, 5.74) is 1.19. The van der Waals surface area contributed by atoms with Crippen LogP contribution in [0.1, 0.15) is 33.1 Å². The lowest BCUT2D eigenvalue weighted by Crippen LogP contribution is -2.33. The average molecular weight is 361 g/mol. The topological polar surface area (TPSA) is 12.0 Å². The van der Waals surface area contributed by atoms with Crippen LogP contribution < -0.4 is 5.32 Å². The second-order valence-corrected chi connectivity index (χ2v) is 6.95. The van der Waals surface area contributed by atoms with Crippen molar-refractivity contribution < 1.29 is 0 Å². The predicted octanol–water partition coefficient (Wildman–Crippen LogP) is 5.45. The minimum absolute atomic E-state index is 0.591. The first-order valence-corrected chi connectivity index (χ1v) is 7.87. The van der Waals surface area contributed by atoms with E-state index in [0.717, 1.165) is 20.8 Å². The number of halogens is 2. The van der Waals surface area contributed by atoms with E-state index >= 15 is 0 Å². The molecule has 0 spiro atoms. The van der Waals surface area contributed by atoms with Crippen LogP contribution in [0, 0.1) is 11.8 Å². The number of hydrogen-bond donors (Lipinski definition) is 1. The maximum Gasteiger partial charge on any atom is 0.0631 e. The van der Waals surface area contributed by atoms with Crippen molar-refractivity contribution in [3.63, 3.8) is 0 Å². The largest absolute Gasteiger partial charge is 0.380 e. The third kappa shape index (κ3) is 3.25. The van der Waals surface area contributed by atoms with Gasteiger partial charge in [-0.15, -0.1) is 0 Å². The highest BCUT2D eigenvalue weighted by Crippen LogP contribution is 2.36. The van der Waals surface area contributed by atoms with E-state index < -0.39 is 0 Å².